The second-order valence-corrected chi connectivity index (χ2v) is 7.96. The molecule has 6 heteroatoms. The first kappa shape index (κ1) is 19.4. The van der Waals surface area contributed by atoms with Gasteiger partial charge in [0.25, 0.3) is 0 Å². The predicted molar refractivity (Wildman–Crippen MR) is 101 cm³/mol. The largest absolute Gasteiger partial charge is 0.481 e. The van der Waals surface area contributed by atoms with Gasteiger partial charge in [0.1, 0.15) is 0 Å². The van der Waals surface area contributed by atoms with Gasteiger partial charge < -0.3 is 14.9 Å². The Morgan fingerprint density at radius 1 is 1.04 bits per heavy atom. The van der Waals surface area contributed by atoms with Gasteiger partial charge in [-0.1, -0.05) is 37.3 Å². The number of carbonyl (C=O) groups is 3. The number of hydrogen-bond donors (Lipinski definition) is 1. The maximum Gasteiger partial charge on any atom is 0.308 e. The summed E-state index contributed by atoms with van der Waals surface area (Å²) in [5, 5.41) is 9.33. The van der Waals surface area contributed by atoms with E-state index >= 15 is 0 Å². The van der Waals surface area contributed by atoms with Gasteiger partial charge in [0.2, 0.25) is 11.8 Å². The third-order valence-electron chi connectivity index (χ3n) is 5.64. The number of amides is 2. The van der Waals surface area contributed by atoms with Gasteiger partial charge in [-0.25, -0.2) is 0 Å². The highest BCUT2D eigenvalue weighted by Gasteiger charge is 2.36. The van der Waals surface area contributed by atoms with Crippen LogP contribution in [0.5, 0.6) is 0 Å². The lowest BCUT2D eigenvalue weighted by molar-refractivity contribution is -0.149. The van der Waals surface area contributed by atoms with Crippen LogP contribution in [0.15, 0.2) is 30.3 Å². The van der Waals surface area contributed by atoms with Crippen molar-refractivity contribution >= 4 is 17.8 Å². The van der Waals surface area contributed by atoms with Gasteiger partial charge in [-0.3, -0.25) is 14.4 Å². The molecule has 2 heterocycles. The van der Waals surface area contributed by atoms with Crippen molar-refractivity contribution in [2.75, 3.05) is 26.2 Å². The highest BCUT2D eigenvalue weighted by molar-refractivity contribution is 5.83. The van der Waals surface area contributed by atoms with E-state index in [1.54, 1.807) is 9.80 Å². The van der Waals surface area contributed by atoms with Gasteiger partial charge in [-0.15, -0.1) is 0 Å². The maximum atomic E-state index is 13.0. The van der Waals surface area contributed by atoms with Crippen LogP contribution in [0.4, 0.5) is 0 Å². The highest BCUT2D eigenvalue weighted by atomic mass is 16.4. The van der Waals surface area contributed by atoms with Crippen molar-refractivity contribution in [2.24, 2.45) is 17.8 Å². The summed E-state index contributed by atoms with van der Waals surface area (Å²) in [4.78, 5) is 40.5. The Morgan fingerprint density at radius 2 is 1.74 bits per heavy atom. The highest BCUT2D eigenvalue weighted by Crippen LogP contribution is 2.26. The lowest BCUT2D eigenvalue weighted by atomic mass is 9.88. The Labute approximate surface area is 160 Å². The first-order chi connectivity index (χ1) is 12.9. The Hall–Kier alpha value is -2.37. The summed E-state index contributed by atoms with van der Waals surface area (Å²) < 4.78 is 0. The zero-order valence-corrected chi connectivity index (χ0v) is 15.8. The summed E-state index contributed by atoms with van der Waals surface area (Å²) in [7, 11) is 0. The number of nitrogens with zero attached hydrogens (tertiary/aromatic N) is 2. The summed E-state index contributed by atoms with van der Waals surface area (Å²) in [6.07, 6.45) is 2.54. The van der Waals surface area contributed by atoms with E-state index in [1.165, 1.54) is 0 Å². The number of benzene rings is 1. The smallest absolute Gasteiger partial charge is 0.308 e. The van der Waals surface area contributed by atoms with Gasteiger partial charge in [0.05, 0.1) is 18.3 Å². The molecule has 1 N–H and O–H groups in total. The standard InChI is InChI=1S/C21H28N2O4/c1-15-10-18(21(26)27)14-23(12-15)20(25)17-8-5-9-22(13-17)19(24)11-16-6-3-2-4-7-16/h2-4,6-7,15,17-18H,5,8-14H2,1H3,(H,26,27). The minimum Gasteiger partial charge on any atom is -0.481 e. The molecule has 2 amide bonds. The van der Waals surface area contributed by atoms with E-state index in [-0.39, 0.29) is 30.2 Å². The first-order valence-corrected chi connectivity index (χ1v) is 9.77. The van der Waals surface area contributed by atoms with Crippen LogP contribution >= 0.6 is 0 Å². The number of rotatable bonds is 4. The Morgan fingerprint density at radius 3 is 2.44 bits per heavy atom. The fraction of sp³-hybridized carbons (Fsp3) is 0.571. The second-order valence-electron chi connectivity index (χ2n) is 7.96. The predicted octanol–water partition coefficient (Wildman–Crippen LogP) is 2.04. The van der Waals surface area contributed by atoms with E-state index in [4.69, 9.17) is 0 Å². The van der Waals surface area contributed by atoms with Crippen LogP contribution in [0.2, 0.25) is 0 Å². The summed E-state index contributed by atoms with van der Waals surface area (Å²) in [5.74, 6) is -1.31. The van der Waals surface area contributed by atoms with Crippen molar-refractivity contribution in [3.8, 4) is 0 Å². The van der Waals surface area contributed by atoms with Crippen LogP contribution in [0.3, 0.4) is 0 Å². The molecule has 0 aromatic heterocycles. The van der Waals surface area contributed by atoms with Crippen molar-refractivity contribution in [3.05, 3.63) is 35.9 Å². The summed E-state index contributed by atoms with van der Waals surface area (Å²) in [5.41, 5.74) is 0.977. The number of carboxylic acid groups (broad SMARTS) is 1. The van der Waals surface area contributed by atoms with Crippen molar-refractivity contribution in [1.82, 2.24) is 9.80 Å². The molecular formula is C21H28N2O4. The van der Waals surface area contributed by atoms with E-state index in [1.807, 2.05) is 37.3 Å². The zero-order valence-electron chi connectivity index (χ0n) is 15.8. The molecule has 1 aromatic carbocycles. The van der Waals surface area contributed by atoms with Crippen molar-refractivity contribution in [1.29, 1.82) is 0 Å². The third kappa shape index (κ3) is 4.87. The molecule has 1 aromatic rings. The molecule has 2 aliphatic heterocycles. The molecule has 0 radical (unpaired) electrons. The normalized spacial score (nSPS) is 25.9. The van der Waals surface area contributed by atoms with E-state index in [0.29, 0.717) is 32.5 Å². The van der Waals surface area contributed by atoms with E-state index < -0.39 is 11.9 Å². The molecule has 2 aliphatic rings. The van der Waals surface area contributed by atoms with Gasteiger partial charge in [-0.2, -0.15) is 0 Å². The monoisotopic (exact) mass is 372 g/mol. The Kier molecular flexibility index (Phi) is 6.14. The molecule has 0 saturated carbocycles. The van der Waals surface area contributed by atoms with Crippen LogP contribution in [-0.4, -0.2) is 58.9 Å². The number of hydrogen-bond acceptors (Lipinski definition) is 3. The van der Waals surface area contributed by atoms with Gasteiger partial charge in [0, 0.05) is 26.2 Å². The van der Waals surface area contributed by atoms with Crippen LogP contribution in [0.1, 0.15) is 31.7 Å². The lowest BCUT2D eigenvalue weighted by Gasteiger charge is -2.39. The zero-order chi connectivity index (χ0) is 19.4. The van der Waals surface area contributed by atoms with Gasteiger partial charge in [0.15, 0.2) is 0 Å². The van der Waals surface area contributed by atoms with Crippen molar-refractivity contribution < 1.29 is 19.5 Å². The number of carbonyl (C=O) groups excluding carboxylic acids is 2. The van der Waals surface area contributed by atoms with Crippen molar-refractivity contribution in [3.63, 3.8) is 0 Å². The van der Waals surface area contributed by atoms with Crippen LogP contribution in [0, 0.1) is 17.8 Å². The topological polar surface area (TPSA) is 77.9 Å². The molecule has 3 atom stereocenters. The number of piperidine rings is 2. The summed E-state index contributed by atoms with van der Waals surface area (Å²) in [6, 6.07) is 9.63. The fourth-order valence-corrected chi connectivity index (χ4v) is 4.26. The molecule has 0 aliphatic carbocycles. The van der Waals surface area contributed by atoms with E-state index in [9.17, 15) is 19.5 Å². The molecule has 2 fully saturated rings. The number of aliphatic carboxylic acids is 1. The molecule has 2 saturated heterocycles. The first-order valence-electron chi connectivity index (χ1n) is 9.77. The molecule has 6 nitrogen and oxygen atoms in total. The molecular weight excluding hydrogens is 344 g/mol. The van der Waals surface area contributed by atoms with Crippen LogP contribution < -0.4 is 0 Å². The summed E-state index contributed by atoms with van der Waals surface area (Å²) in [6.45, 7) is 4.01. The minimum absolute atomic E-state index is 0.00464. The molecule has 3 unspecified atom stereocenters. The minimum atomic E-state index is -0.831. The van der Waals surface area contributed by atoms with Crippen molar-refractivity contribution in [2.45, 2.75) is 32.6 Å². The van der Waals surface area contributed by atoms with Crippen LogP contribution in [-0.2, 0) is 20.8 Å². The Balaban J connectivity index is 1.60. The maximum absolute atomic E-state index is 13.0. The van der Waals surface area contributed by atoms with Crippen LogP contribution in [0.25, 0.3) is 0 Å². The second kappa shape index (κ2) is 8.55. The number of carboxylic acids is 1. The van der Waals surface area contributed by atoms with E-state index in [0.717, 1.165) is 18.4 Å². The fourth-order valence-electron chi connectivity index (χ4n) is 4.26. The average molecular weight is 372 g/mol. The molecule has 0 spiro atoms. The number of likely N-dealkylation sites (tertiary alicyclic amines) is 2. The Bertz CT molecular complexity index is 691. The molecule has 27 heavy (non-hydrogen) atoms. The van der Waals surface area contributed by atoms with Gasteiger partial charge in [-0.05, 0) is 30.7 Å². The van der Waals surface area contributed by atoms with Gasteiger partial charge >= 0.3 is 5.97 Å². The molecule has 146 valence electrons. The lowest BCUT2D eigenvalue weighted by Crippen LogP contribution is -2.51. The summed E-state index contributed by atoms with van der Waals surface area (Å²) >= 11 is 0. The van der Waals surface area contributed by atoms with E-state index in [2.05, 4.69) is 0 Å². The quantitative estimate of drug-likeness (QED) is 0.877. The SMILES string of the molecule is CC1CC(C(=O)O)CN(C(=O)C2CCCN(C(=O)Cc3ccccc3)C2)C1. The molecule has 0 bridgehead atoms. The average Bonchev–Trinajstić information content (AvgIpc) is 2.67. The third-order valence-corrected chi connectivity index (χ3v) is 5.64. The molecule has 3 rings (SSSR count).